The first-order valence-corrected chi connectivity index (χ1v) is 17.3. The van der Waals surface area contributed by atoms with Crippen LogP contribution in [0.2, 0.25) is 0 Å². The molecule has 0 fully saturated rings. The van der Waals surface area contributed by atoms with Crippen molar-refractivity contribution in [2.75, 3.05) is 17.7 Å². The number of carbonyl (C=O) groups excluding carboxylic acids is 3. The zero-order chi connectivity index (χ0) is 36.1. The van der Waals surface area contributed by atoms with Crippen LogP contribution in [0, 0.1) is 0 Å². The number of anilines is 2. The minimum Gasteiger partial charge on any atom is -0.465 e. The number of benzene rings is 6. The Bertz CT molecular complexity index is 2340. The lowest BCUT2D eigenvalue weighted by Crippen LogP contribution is -2.28. The highest BCUT2D eigenvalue weighted by molar-refractivity contribution is 7.90. The fraction of sp³-hybridized carbons (Fsp3) is 0.0750. The molecule has 1 atom stereocenters. The number of nitrogens with one attached hydrogen (secondary N) is 3. The van der Waals surface area contributed by atoms with Crippen molar-refractivity contribution < 1.29 is 32.6 Å². The number of amides is 2. The van der Waals surface area contributed by atoms with E-state index in [0.29, 0.717) is 38.8 Å². The standard InChI is InChI=1S/C40H33N3O7S/c1-25(44)43-51(48,49)36-8-4-6-30-5-3-7-35(37(30)36)42-39(46)32-17-11-27(12-18-32)29-21-23-34(24-22-29)41-38(45)31-15-9-26(10-16-31)28-13-19-33(20-14-28)40(47)50-2/h3-24,38,41,45H,1-2H3,(H,42,46)(H,43,44). The second kappa shape index (κ2) is 14.7. The molecule has 0 spiro atoms. The predicted molar refractivity (Wildman–Crippen MR) is 197 cm³/mol. The molecule has 0 aliphatic heterocycles. The highest BCUT2D eigenvalue weighted by atomic mass is 32.2. The average molecular weight is 700 g/mol. The molecule has 0 aromatic heterocycles. The fourth-order valence-corrected chi connectivity index (χ4v) is 6.90. The SMILES string of the molecule is COC(=O)c1ccc(-c2ccc(C(O)Nc3ccc(-c4ccc(C(=O)Nc5cccc6cccc(S(=O)(=O)NC(C)=O)c56)cc4)cc3)cc2)cc1. The Hall–Kier alpha value is -6.30. The van der Waals surface area contributed by atoms with Gasteiger partial charge in [0.1, 0.15) is 0 Å². The summed E-state index contributed by atoms with van der Waals surface area (Å²) in [6.07, 6.45) is -0.951. The van der Waals surface area contributed by atoms with E-state index in [0.717, 1.165) is 29.2 Å². The highest BCUT2D eigenvalue weighted by Gasteiger charge is 2.21. The van der Waals surface area contributed by atoms with Gasteiger partial charge >= 0.3 is 5.97 Å². The van der Waals surface area contributed by atoms with E-state index in [1.807, 2.05) is 77.5 Å². The number of esters is 1. The molecular weight excluding hydrogens is 667 g/mol. The molecule has 0 aliphatic carbocycles. The molecule has 0 heterocycles. The molecule has 0 saturated carbocycles. The second-order valence-electron chi connectivity index (χ2n) is 11.7. The average Bonchev–Trinajstić information content (AvgIpc) is 3.14. The molecule has 6 rings (SSSR count). The number of rotatable bonds is 10. The maximum Gasteiger partial charge on any atom is 0.337 e. The number of fused-ring (bicyclic) bond motifs is 1. The van der Waals surface area contributed by atoms with Crippen LogP contribution in [-0.4, -0.2) is 38.4 Å². The monoisotopic (exact) mass is 699 g/mol. The van der Waals surface area contributed by atoms with E-state index in [-0.39, 0.29) is 4.90 Å². The first-order chi connectivity index (χ1) is 24.5. The predicted octanol–water partition coefficient (Wildman–Crippen LogP) is 7.14. The summed E-state index contributed by atoms with van der Waals surface area (Å²) in [5, 5.41) is 17.6. The van der Waals surface area contributed by atoms with Crippen molar-refractivity contribution in [3.05, 3.63) is 150 Å². The van der Waals surface area contributed by atoms with Gasteiger partial charge in [0.15, 0.2) is 6.23 Å². The summed E-state index contributed by atoms with van der Waals surface area (Å²) in [5.41, 5.74) is 6.14. The Morgan fingerprint density at radius 3 is 1.73 bits per heavy atom. The third kappa shape index (κ3) is 7.80. The number of aliphatic hydroxyl groups is 1. The lowest BCUT2D eigenvalue weighted by atomic mass is 10.0. The Morgan fingerprint density at radius 1 is 0.667 bits per heavy atom. The first-order valence-electron chi connectivity index (χ1n) is 15.8. The van der Waals surface area contributed by atoms with E-state index in [1.165, 1.54) is 13.2 Å². The van der Waals surface area contributed by atoms with Gasteiger partial charge in [0.05, 0.1) is 23.3 Å². The minimum absolute atomic E-state index is 0.120. The molecule has 11 heteroatoms. The Morgan fingerprint density at radius 2 is 1.18 bits per heavy atom. The zero-order valence-electron chi connectivity index (χ0n) is 27.6. The second-order valence-corrected chi connectivity index (χ2v) is 13.3. The largest absolute Gasteiger partial charge is 0.465 e. The van der Waals surface area contributed by atoms with Crippen molar-refractivity contribution in [1.82, 2.24) is 4.72 Å². The summed E-state index contributed by atoms with van der Waals surface area (Å²) in [5.74, 6) is -1.54. The van der Waals surface area contributed by atoms with Gasteiger partial charge in [0.25, 0.3) is 15.9 Å². The van der Waals surface area contributed by atoms with Gasteiger partial charge in [-0.05, 0) is 76.2 Å². The summed E-state index contributed by atoms with van der Waals surface area (Å²) in [6.45, 7) is 1.12. The van der Waals surface area contributed by atoms with Crippen molar-refractivity contribution in [2.45, 2.75) is 18.0 Å². The van der Waals surface area contributed by atoms with Crippen LogP contribution < -0.4 is 15.4 Å². The molecule has 4 N–H and O–H groups in total. The zero-order valence-corrected chi connectivity index (χ0v) is 28.4. The van der Waals surface area contributed by atoms with Gasteiger partial charge in [-0.15, -0.1) is 0 Å². The smallest absolute Gasteiger partial charge is 0.337 e. The third-order valence-corrected chi connectivity index (χ3v) is 9.69. The van der Waals surface area contributed by atoms with Crippen LogP contribution in [0.1, 0.15) is 39.4 Å². The number of hydrogen-bond donors (Lipinski definition) is 4. The van der Waals surface area contributed by atoms with Gasteiger partial charge < -0.3 is 20.5 Å². The van der Waals surface area contributed by atoms with Crippen molar-refractivity contribution in [3.8, 4) is 22.3 Å². The first kappa shape index (κ1) is 34.6. The highest BCUT2D eigenvalue weighted by Crippen LogP contribution is 2.31. The Balaban J connectivity index is 1.10. The summed E-state index contributed by atoms with van der Waals surface area (Å²) in [4.78, 5) is 36.4. The van der Waals surface area contributed by atoms with Gasteiger partial charge in [0, 0.05) is 29.1 Å². The molecule has 6 aromatic rings. The molecule has 2 amide bonds. The molecule has 256 valence electrons. The van der Waals surface area contributed by atoms with Crippen molar-refractivity contribution in [1.29, 1.82) is 0 Å². The molecule has 1 unspecified atom stereocenters. The van der Waals surface area contributed by atoms with Gasteiger partial charge in [-0.1, -0.05) is 84.9 Å². The van der Waals surface area contributed by atoms with Gasteiger partial charge in [0.2, 0.25) is 5.91 Å². The number of carbonyl (C=O) groups is 3. The van der Waals surface area contributed by atoms with Crippen LogP contribution in [0.3, 0.4) is 0 Å². The lowest BCUT2D eigenvalue weighted by molar-refractivity contribution is -0.117. The molecule has 0 aliphatic rings. The fourth-order valence-electron chi connectivity index (χ4n) is 5.66. The van der Waals surface area contributed by atoms with Gasteiger partial charge in [-0.3, -0.25) is 9.59 Å². The number of ether oxygens (including phenoxy) is 1. The van der Waals surface area contributed by atoms with Crippen LogP contribution in [-0.2, 0) is 19.6 Å². The molecule has 10 nitrogen and oxygen atoms in total. The van der Waals surface area contributed by atoms with E-state index in [1.54, 1.807) is 54.6 Å². The topological polar surface area (TPSA) is 151 Å². The summed E-state index contributed by atoms with van der Waals surface area (Å²) in [7, 11) is -2.82. The van der Waals surface area contributed by atoms with Crippen LogP contribution in [0.5, 0.6) is 0 Å². The van der Waals surface area contributed by atoms with Gasteiger partial charge in [-0.25, -0.2) is 17.9 Å². The third-order valence-electron chi connectivity index (χ3n) is 8.22. The maximum absolute atomic E-state index is 13.3. The summed E-state index contributed by atoms with van der Waals surface area (Å²) in [6, 6.07) is 38.8. The summed E-state index contributed by atoms with van der Waals surface area (Å²) < 4.78 is 32.5. The van der Waals surface area contributed by atoms with E-state index in [4.69, 9.17) is 4.74 Å². The van der Waals surface area contributed by atoms with E-state index >= 15 is 0 Å². The van der Waals surface area contributed by atoms with Crippen molar-refractivity contribution >= 4 is 50.0 Å². The van der Waals surface area contributed by atoms with E-state index < -0.39 is 34.0 Å². The molecule has 6 aromatic carbocycles. The Labute approximate surface area is 294 Å². The van der Waals surface area contributed by atoms with Crippen LogP contribution in [0.15, 0.2) is 138 Å². The number of aliphatic hydroxyl groups excluding tert-OH is 1. The number of methoxy groups -OCH3 is 1. The summed E-state index contributed by atoms with van der Waals surface area (Å²) >= 11 is 0. The lowest BCUT2D eigenvalue weighted by Gasteiger charge is -2.16. The number of hydrogen-bond acceptors (Lipinski definition) is 8. The van der Waals surface area contributed by atoms with E-state index in [2.05, 4.69) is 10.6 Å². The normalized spacial score (nSPS) is 11.7. The van der Waals surface area contributed by atoms with Crippen LogP contribution >= 0.6 is 0 Å². The Kier molecular flexibility index (Phi) is 9.94. The quantitative estimate of drug-likeness (QED) is 0.0871. The molecule has 51 heavy (non-hydrogen) atoms. The molecule has 0 radical (unpaired) electrons. The minimum atomic E-state index is -4.16. The van der Waals surface area contributed by atoms with Crippen LogP contribution in [0.25, 0.3) is 33.0 Å². The molecular formula is C40H33N3O7S. The van der Waals surface area contributed by atoms with E-state index in [9.17, 15) is 27.9 Å². The van der Waals surface area contributed by atoms with Crippen molar-refractivity contribution in [3.63, 3.8) is 0 Å². The van der Waals surface area contributed by atoms with Crippen LogP contribution in [0.4, 0.5) is 11.4 Å². The van der Waals surface area contributed by atoms with Crippen molar-refractivity contribution in [2.24, 2.45) is 0 Å². The molecule has 0 saturated heterocycles. The number of sulfonamides is 1. The molecule has 0 bridgehead atoms. The van der Waals surface area contributed by atoms with Gasteiger partial charge in [-0.2, -0.15) is 0 Å². The maximum atomic E-state index is 13.3.